The normalized spacial score (nSPS) is 23.5. The Bertz CT molecular complexity index is 464. The van der Waals surface area contributed by atoms with Gasteiger partial charge in [0.15, 0.2) is 11.5 Å². The Morgan fingerprint density at radius 1 is 1.35 bits per heavy atom. The first-order valence-electron chi connectivity index (χ1n) is 7.66. The van der Waals surface area contributed by atoms with Gasteiger partial charge in [-0.2, -0.15) is 0 Å². The Balaban J connectivity index is 1.77. The average Bonchev–Trinajstić information content (AvgIpc) is 2.81. The maximum atomic E-state index is 5.49. The van der Waals surface area contributed by atoms with Crippen molar-refractivity contribution in [2.24, 2.45) is 5.92 Å². The van der Waals surface area contributed by atoms with Crippen LogP contribution in [0.1, 0.15) is 26.7 Å². The van der Waals surface area contributed by atoms with Crippen molar-refractivity contribution < 1.29 is 9.47 Å². The van der Waals surface area contributed by atoms with Gasteiger partial charge >= 0.3 is 0 Å². The molecule has 4 nitrogen and oxygen atoms in total. The molecule has 1 fully saturated rings. The monoisotopic (exact) mass is 276 g/mol. The molecule has 2 atom stereocenters. The number of benzene rings is 1. The Kier molecular flexibility index (Phi) is 4.01. The predicted octanol–water partition coefficient (Wildman–Crippen LogP) is 2.63. The molecule has 0 amide bonds. The number of ether oxygens (including phenoxy) is 2. The van der Waals surface area contributed by atoms with Gasteiger partial charge in [0, 0.05) is 30.9 Å². The molecule has 20 heavy (non-hydrogen) atoms. The van der Waals surface area contributed by atoms with E-state index in [1.54, 1.807) is 0 Å². The summed E-state index contributed by atoms with van der Waals surface area (Å²) in [7, 11) is 0. The predicted molar refractivity (Wildman–Crippen MR) is 80.6 cm³/mol. The number of anilines is 1. The van der Waals surface area contributed by atoms with Crippen molar-refractivity contribution >= 4 is 5.69 Å². The Morgan fingerprint density at radius 3 is 3.05 bits per heavy atom. The van der Waals surface area contributed by atoms with Crippen LogP contribution in [0.2, 0.25) is 0 Å². The summed E-state index contributed by atoms with van der Waals surface area (Å²) in [6, 6.07) is 6.84. The lowest BCUT2D eigenvalue weighted by Crippen LogP contribution is -2.42. The van der Waals surface area contributed by atoms with Crippen molar-refractivity contribution in [1.82, 2.24) is 5.32 Å². The highest BCUT2D eigenvalue weighted by atomic mass is 16.7. The highest BCUT2D eigenvalue weighted by Crippen LogP contribution is 2.35. The van der Waals surface area contributed by atoms with Crippen LogP contribution < -0.4 is 19.7 Å². The van der Waals surface area contributed by atoms with Crippen LogP contribution in [0, 0.1) is 5.92 Å². The lowest BCUT2D eigenvalue weighted by Gasteiger charge is -2.29. The summed E-state index contributed by atoms with van der Waals surface area (Å²) in [5.41, 5.74) is 1.24. The van der Waals surface area contributed by atoms with Crippen LogP contribution in [0.4, 0.5) is 5.69 Å². The molecule has 0 aromatic heterocycles. The van der Waals surface area contributed by atoms with Crippen LogP contribution in [-0.4, -0.2) is 32.5 Å². The fourth-order valence-corrected chi connectivity index (χ4v) is 2.93. The van der Waals surface area contributed by atoms with Gasteiger partial charge in [-0.1, -0.05) is 20.3 Å². The number of nitrogens with zero attached hydrogens (tertiary/aromatic N) is 1. The molecule has 4 heteroatoms. The highest BCUT2D eigenvalue weighted by molar-refractivity contribution is 5.57. The summed E-state index contributed by atoms with van der Waals surface area (Å²) in [6.45, 7) is 8.21. The minimum absolute atomic E-state index is 0.343. The maximum Gasteiger partial charge on any atom is 0.231 e. The third-order valence-electron chi connectivity index (χ3n) is 4.48. The summed E-state index contributed by atoms with van der Waals surface area (Å²) in [5, 5.41) is 3.69. The second-order valence-electron chi connectivity index (χ2n) is 5.78. The molecule has 2 heterocycles. The van der Waals surface area contributed by atoms with Crippen molar-refractivity contribution in [2.75, 3.05) is 31.3 Å². The number of fused-ring (bicyclic) bond motifs is 1. The van der Waals surface area contributed by atoms with Crippen molar-refractivity contribution in [3.63, 3.8) is 0 Å². The second kappa shape index (κ2) is 5.92. The van der Waals surface area contributed by atoms with Crippen molar-refractivity contribution in [3.8, 4) is 11.5 Å². The van der Waals surface area contributed by atoms with Gasteiger partial charge in [-0.15, -0.1) is 0 Å². The average molecular weight is 276 g/mol. The molecule has 0 aliphatic carbocycles. The summed E-state index contributed by atoms with van der Waals surface area (Å²) < 4.78 is 10.9. The van der Waals surface area contributed by atoms with Crippen molar-refractivity contribution in [2.45, 2.75) is 32.7 Å². The lowest BCUT2D eigenvalue weighted by atomic mass is 9.99. The molecule has 0 radical (unpaired) electrons. The van der Waals surface area contributed by atoms with E-state index in [9.17, 15) is 0 Å². The van der Waals surface area contributed by atoms with Gasteiger partial charge in [0.2, 0.25) is 6.79 Å². The maximum absolute atomic E-state index is 5.49. The molecule has 110 valence electrons. The molecule has 0 spiro atoms. The van der Waals surface area contributed by atoms with Gasteiger partial charge in [0.05, 0.1) is 0 Å². The van der Waals surface area contributed by atoms with E-state index >= 15 is 0 Å². The largest absolute Gasteiger partial charge is 0.454 e. The molecule has 1 aromatic carbocycles. The van der Waals surface area contributed by atoms with Gasteiger partial charge in [-0.3, -0.25) is 0 Å². The summed E-state index contributed by atoms with van der Waals surface area (Å²) in [6.07, 6.45) is 2.40. The first-order valence-corrected chi connectivity index (χ1v) is 7.66. The molecule has 3 rings (SSSR count). The number of nitrogens with one attached hydrogen (secondary N) is 1. The van der Waals surface area contributed by atoms with E-state index < -0.39 is 0 Å². The fraction of sp³-hybridized carbons (Fsp3) is 0.625. The summed E-state index contributed by atoms with van der Waals surface area (Å²) >= 11 is 0. The van der Waals surface area contributed by atoms with E-state index in [0.717, 1.165) is 31.1 Å². The first-order chi connectivity index (χ1) is 9.78. The molecular formula is C16H24N2O2. The molecule has 0 saturated carbocycles. The molecule has 2 unspecified atom stereocenters. The quantitative estimate of drug-likeness (QED) is 0.920. The minimum atomic E-state index is 0.343. The van der Waals surface area contributed by atoms with E-state index in [1.165, 1.54) is 18.5 Å². The molecule has 2 aliphatic rings. The van der Waals surface area contributed by atoms with E-state index in [1.807, 2.05) is 6.07 Å². The van der Waals surface area contributed by atoms with E-state index in [2.05, 4.69) is 36.2 Å². The highest BCUT2D eigenvalue weighted by Gasteiger charge is 2.23. The topological polar surface area (TPSA) is 33.7 Å². The van der Waals surface area contributed by atoms with Crippen LogP contribution in [0.25, 0.3) is 0 Å². The van der Waals surface area contributed by atoms with Crippen molar-refractivity contribution in [3.05, 3.63) is 18.2 Å². The van der Waals surface area contributed by atoms with Crippen molar-refractivity contribution in [1.29, 1.82) is 0 Å². The molecule has 1 N–H and O–H groups in total. The number of hydrogen-bond acceptors (Lipinski definition) is 4. The smallest absolute Gasteiger partial charge is 0.231 e. The van der Waals surface area contributed by atoms with Gasteiger partial charge in [0.1, 0.15) is 0 Å². The lowest BCUT2D eigenvalue weighted by molar-refractivity contribution is 0.174. The molecular weight excluding hydrogens is 252 g/mol. The SMILES string of the molecule is CCC(C)C1CN(c2ccc3c(c2)OCO3)CCCN1. The van der Waals surface area contributed by atoms with Crippen LogP contribution in [0.3, 0.4) is 0 Å². The summed E-state index contributed by atoms with van der Waals surface area (Å²) in [4.78, 5) is 2.47. The van der Waals surface area contributed by atoms with E-state index in [4.69, 9.17) is 9.47 Å². The van der Waals surface area contributed by atoms with Gasteiger partial charge in [-0.25, -0.2) is 0 Å². The fourth-order valence-electron chi connectivity index (χ4n) is 2.93. The third kappa shape index (κ3) is 2.70. The van der Waals surface area contributed by atoms with Gasteiger partial charge in [0.25, 0.3) is 0 Å². The minimum Gasteiger partial charge on any atom is -0.454 e. The zero-order chi connectivity index (χ0) is 13.9. The van der Waals surface area contributed by atoms with Crippen LogP contribution in [0.5, 0.6) is 11.5 Å². The summed E-state index contributed by atoms with van der Waals surface area (Å²) in [5.74, 6) is 2.43. The number of hydrogen-bond donors (Lipinski definition) is 1. The van der Waals surface area contributed by atoms with Gasteiger partial charge < -0.3 is 19.7 Å². The second-order valence-corrected chi connectivity index (χ2v) is 5.78. The number of rotatable bonds is 3. The zero-order valence-corrected chi connectivity index (χ0v) is 12.4. The van der Waals surface area contributed by atoms with Crippen LogP contribution in [-0.2, 0) is 0 Å². The molecule has 0 bridgehead atoms. The Labute approximate surface area is 121 Å². The van der Waals surface area contributed by atoms with Crippen LogP contribution >= 0.6 is 0 Å². The molecule has 1 aromatic rings. The molecule has 1 saturated heterocycles. The zero-order valence-electron chi connectivity index (χ0n) is 12.4. The third-order valence-corrected chi connectivity index (χ3v) is 4.48. The standard InChI is InChI=1S/C16H24N2O2/c1-3-12(2)14-10-18(8-4-7-17-14)13-5-6-15-16(9-13)20-11-19-15/h5-6,9,12,14,17H,3-4,7-8,10-11H2,1-2H3. The van der Waals surface area contributed by atoms with E-state index in [-0.39, 0.29) is 0 Å². The first kappa shape index (κ1) is 13.6. The van der Waals surface area contributed by atoms with Gasteiger partial charge in [-0.05, 0) is 31.0 Å². The molecule has 2 aliphatic heterocycles. The van der Waals surface area contributed by atoms with E-state index in [0.29, 0.717) is 18.8 Å². The van der Waals surface area contributed by atoms with Crippen LogP contribution in [0.15, 0.2) is 18.2 Å². The Hall–Kier alpha value is -1.42. The Morgan fingerprint density at radius 2 is 2.20 bits per heavy atom.